The molecule has 1 saturated carbocycles. The second-order valence-corrected chi connectivity index (χ2v) is 10.5. The van der Waals surface area contributed by atoms with Crippen molar-refractivity contribution in [2.75, 3.05) is 16.8 Å². The molecular weight excluding hydrogens is 566 g/mol. The molecule has 0 spiro atoms. The number of anilines is 2. The fourth-order valence-electron chi connectivity index (χ4n) is 4.44. The number of aryl methyl sites for hydroxylation is 2. The number of benzene rings is 1. The van der Waals surface area contributed by atoms with E-state index >= 15 is 0 Å². The molecule has 4 rings (SSSR count). The van der Waals surface area contributed by atoms with E-state index < -0.39 is 18.5 Å². The number of halogens is 1. The summed E-state index contributed by atoms with van der Waals surface area (Å²) >= 11 is 4.37. The lowest BCUT2D eigenvalue weighted by Gasteiger charge is -2.34. The van der Waals surface area contributed by atoms with Crippen LogP contribution in [0.4, 0.5) is 16.2 Å². The number of aromatic carboxylic acids is 1. The second kappa shape index (κ2) is 11.3. The normalized spacial score (nSPS) is 13.8. The zero-order valence-electron chi connectivity index (χ0n) is 20.2. The number of rotatable bonds is 8. The van der Waals surface area contributed by atoms with Gasteiger partial charge in [-0.15, -0.1) is 11.3 Å². The Kier molecular flexibility index (Phi) is 8.18. The van der Waals surface area contributed by atoms with E-state index in [0.29, 0.717) is 37.7 Å². The predicted octanol–water partition coefficient (Wildman–Crippen LogP) is 6.32. The summed E-state index contributed by atoms with van der Waals surface area (Å²) in [6.07, 6.45) is 4.87. The van der Waals surface area contributed by atoms with Crippen molar-refractivity contribution >= 4 is 56.6 Å². The van der Waals surface area contributed by atoms with Gasteiger partial charge in [-0.05, 0) is 60.3 Å². The van der Waals surface area contributed by atoms with Gasteiger partial charge in [0, 0.05) is 11.7 Å². The van der Waals surface area contributed by atoms with E-state index in [9.17, 15) is 19.5 Å². The number of nitrogens with zero attached hydrogens (tertiary/aromatic N) is 2. The Bertz CT molecular complexity index is 1310. The largest absolute Gasteiger partial charge is 0.479 e. The second-order valence-electron chi connectivity index (χ2n) is 8.73. The maximum Gasteiger partial charge on any atom is 0.349 e. The van der Waals surface area contributed by atoms with Crippen LogP contribution in [0.25, 0.3) is 10.4 Å². The van der Waals surface area contributed by atoms with Crippen molar-refractivity contribution in [3.05, 3.63) is 45.1 Å². The van der Waals surface area contributed by atoms with E-state index in [-0.39, 0.29) is 22.7 Å². The first-order valence-corrected chi connectivity index (χ1v) is 13.3. The van der Waals surface area contributed by atoms with Crippen LogP contribution in [0.2, 0.25) is 0 Å². The molecule has 1 aromatic carbocycles. The van der Waals surface area contributed by atoms with Gasteiger partial charge in [0.25, 0.3) is 0 Å². The number of carboxylic acids is 2. The zero-order valence-corrected chi connectivity index (χ0v) is 22.6. The summed E-state index contributed by atoms with van der Waals surface area (Å²) in [5.74, 6) is -1.97. The summed E-state index contributed by atoms with van der Waals surface area (Å²) in [5.41, 5.74) is 2.43. The first-order valence-electron chi connectivity index (χ1n) is 11.7. The number of hydrogen-bond acceptors (Lipinski definition) is 7. The number of aliphatic carboxylic acids is 1. The van der Waals surface area contributed by atoms with Crippen molar-refractivity contribution in [3.63, 3.8) is 0 Å². The van der Waals surface area contributed by atoms with Crippen molar-refractivity contribution in [2.45, 2.75) is 52.0 Å². The number of thiophene rings is 1. The van der Waals surface area contributed by atoms with Crippen LogP contribution in [0.3, 0.4) is 0 Å². The molecule has 3 N–H and O–H groups in total. The third-order valence-corrected chi connectivity index (χ3v) is 8.38. The number of hydrogen-bond donors (Lipinski definition) is 3. The molecule has 0 unspecified atom stereocenters. The number of amides is 2. The first kappa shape index (κ1) is 26.7. The Morgan fingerprint density at radius 3 is 2.57 bits per heavy atom. The summed E-state index contributed by atoms with van der Waals surface area (Å²) in [5, 5.41) is 25.5. The summed E-state index contributed by atoms with van der Waals surface area (Å²) in [6, 6.07) is 6.95. The van der Waals surface area contributed by atoms with E-state index in [1.807, 2.05) is 12.1 Å². The van der Waals surface area contributed by atoms with Gasteiger partial charge in [-0.2, -0.15) is 0 Å². The highest BCUT2D eigenvalue weighted by molar-refractivity contribution is 9.10. The van der Waals surface area contributed by atoms with Crippen molar-refractivity contribution in [1.29, 1.82) is 0 Å². The molecule has 0 saturated heterocycles. The lowest BCUT2D eigenvalue weighted by molar-refractivity contribution is -0.139. The molecule has 196 valence electrons. The van der Waals surface area contributed by atoms with Gasteiger partial charge in [-0.3, -0.25) is 4.90 Å². The van der Waals surface area contributed by atoms with Crippen molar-refractivity contribution in [2.24, 2.45) is 0 Å². The molecule has 2 aromatic heterocycles. The van der Waals surface area contributed by atoms with Crippen LogP contribution in [0, 0.1) is 13.8 Å². The van der Waals surface area contributed by atoms with Gasteiger partial charge in [0.1, 0.15) is 11.4 Å². The fraction of sp³-hybridized carbons (Fsp3) is 0.360. The Morgan fingerprint density at radius 2 is 1.95 bits per heavy atom. The minimum Gasteiger partial charge on any atom is -0.479 e. The minimum atomic E-state index is -1.23. The van der Waals surface area contributed by atoms with Crippen molar-refractivity contribution in [1.82, 2.24) is 5.16 Å². The van der Waals surface area contributed by atoms with Crippen molar-refractivity contribution in [3.8, 4) is 16.2 Å². The van der Waals surface area contributed by atoms with Gasteiger partial charge in [-0.25, -0.2) is 14.4 Å². The number of urea groups is 1. The minimum absolute atomic E-state index is 0.0136. The molecule has 2 heterocycles. The summed E-state index contributed by atoms with van der Waals surface area (Å²) in [7, 11) is 0. The number of carbonyl (C=O) groups excluding carboxylic acids is 1. The van der Waals surface area contributed by atoms with Crippen LogP contribution >= 0.6 is 27.3 Å². The summed E-state index contributed by atoms with van der Waals surface area (Å²) in [6.45, 7) is 2.82. The van der Waals surface area contributed by atoms with Gasteiger partial charge in [-0.1, -0.05) is 36.6 Å². The highest BCUT2D eigenvalue weighted by Crippen LogP contribution is 2.46. The van der Waals surface area contributed by atoms with Gasteiger partial charge >= 0.3 is 18.0 Å². The molecule has 2 amide bonds. The fourth-order valence-corrected chi connectivity index (χ4v) is 6.33. The average Bonchev–Trinajstić information content (AvgIpc) is 3.37. The van der Waals surface area contributed by atoms with Crippen LogP contribution in [-0.2, 0) is 4.79 Å². The Balaban J connectivity index is 1.73. The smallest absolute Gasteiger partial charge is 0.349 e. The first-order chi connectivity index (χ1) is 17.7. The third-order valence-electron chi connectivity index (χ3n) is 6.15. The molecule has 0 bridgehead atoms. The van der Waals surface area contributed by atoms with Gasteiger partial charge in [0.15, 0.2) is 23.0 Å². The molecule has 1 aliphatic carbocycles. The molecule has 1 aliphatic rings. The molecule has 0 aliphatic heterocycles. The Morgan fingerprint density at radius 1 is 1.22 bits per heavy atom. The quantitative estimate of drug-likeness (QED) is 0.276. The Labute approximate surface area is 225 Å². The third kappa shape index (κ3) is 5.80. The standard InChI is InChI=1S/C25H26BrN3O7S/c1-13-20(14(2)36-28-13)27-25(34)29(16-8-4-3-5-9-16)17-10-6-7-15(11-17)22-19(26)21(35-12-18(30)31)23(37-22)24(32)33/h6-7,10-11,16H,3-5,8-9,12H2,1-2H3,(H,27,34)(H,30,31)(H,32,33). The summed E-state index contributed by atoms with van der Waals surface area (Å²) < 4.78 is 10.8. The van der Waals surface area contributed by atoms with Gasteiger partial charge < -0.3 is 24.8 Å². The number of carboxylic acid groups (broad SMARTS) is 2. The molecule has 0 atom stereocenters. The molecular formula is C25H26BrN3O7S. The van der Waals surface area contributed by atoms with Crippen LogP contribution in [0.1, 0.15) is 53.2 Å². The number of nitrogens with one attached hydrogen (secondary N) is 1. The molecule has 1 fully saturated rings. The topological polar surface area (TPSA) is 142 Å². The monoisotopic (exact) mass is 591 g/mol. The van der Waals surface area contributed by atoms with Crippen LogP contribution < -0.4 is 15.0 Å². The average molecular weight is 592 g/mol. The molecule has 37 heavy (non-hydrogen) atoms. The van der Waals surface area contributed by atoms with Crippen molar-refractivity contribution < 1.29 is 33.9 Å². The van der Waals surface area contributed by atoms with E-state index in [1.165, 1.54) is 0 Å². The maximum absolute atomic E-state index is 13.6. The number of ether oxygens (including phenoxy) is 1. The van der Waals surface area contributed by atoms with E-state index in [0.717, 1.165) is 43.4 Å². The molecule has 12 heteroatoms. The van der Waals surface area contributed by atoms with E-state index in [4.69, 9.17) is 14.4 Å². The van der Waals surface area contributed by atoms with E-state index in [1.54, 1.807) is 30.9 Å². The highest BCUT2D eigenvalue weighted by Gasteiger charge is 2.30. The lowest BCUT2D eigenvalue weighted by atomic mass is 9.93. The van der Waals surface area contributed by atoms with Crippen LogP contribution in [-0.4, -0.2) is 46.0 Å². The predicted molar refractivity (Wildman–Crippen MR) is 142 cm³/mol. The maximum atomic E-state index is 13.6. The zero-order chi connectivity index (χ0) is 26.7. The summed E-state index contributed by atoms with van der Waals surface area (Å²) in [4.78, 5) is 38.6. The van der Waals surface area contributed by atoms with Crippen LogP contribution in [0.5, 0.6) is 5.75 Å². The SMILES string of the molecule is Cc1noc(C)c1NC(=O)N(c1cccc(-c2sc(C(=O)O)c(OCC(=O)O)c2Br)c1)C1CCCCC1. The molecule has 3 aromatic rings. The van der Waals surface area contributed by atoms with Gasteiger partial charge in [0.05, 0.1) is 9.35 Å². The van der Waals surface area contributed by atoms with Crippen LogP contribution in [0.15, 0.2) is 33.3 Å². The number of carbonyl (C=O) groups is 3. The number of aromatic nitrogens is 1. The Hall–Kier alpha value is -3.38. The van der Waals surface area contributed by atoms with E-state index in [2.05, 4.69) is 26.4 Å². The van der Waals surface area contributed by atoms with Gasteiger partial charge in [0.2, 0.25) is 0 Å². The molecule has 0 radical (unpaired) electrons. The highest BCUT2D eigenvalue weighted by atomic mass is 79.9. The molecule has 10 nitrogen and oxygen atoms in total. The lowest BCUT2D eigenvalue weighted by Crippen LogP contribution is -2.44.